The molecule has 0 spiro atoms. The van der Waals surface area contributed by atoms with Gasteiger partial charge in [-0.25, -0.2) is 4.98 Å². The van der Waals surface area contributed by atoms with Crippen molar-refractivity contribution >= 4 is 11.8 Å². The summed E-state index contributed by atoms with van der Waals surface area (Å²) < 4.78 is 4.97. The number of anilines is 1. The van der Waals surface area contributed by atoms with Crippen molar-refractivity contribution in [1.29, 1.82) is 0 Å². The van der Waals surface area contributed by atoms with Crippen molar-refractivity contribution in [2.75, 3.05) is 11.9 Å². The topological polar surface area (TPSA) is 51.2 Å². The molecular weight excluding hydrogens is 252 g/mol. The van der Waals surface area contributed by atoms with Gasteiger partial charge in [-0.05, 0) is 18.6 Å². The molecule has 0 aliphatic rings. The van der Waals surface area contributed by atoms with Gasteiger partial charge in [-0.15, -0.1) is 0 Å². The first-order valence-corrected chi connectivity index (χ1v) is 6.67. The third-order valence-corrected chi connectivity index (χ3v) is 2.83. The second kappa shape index (κ2) is 7.28. The first kappa shape index (κ1) is 14.1. The van der Waals surface area contributed by atoms with Crippen molar-refractivity contribution in [2.24, 2.45) is 0 Å². The van der Waals surface area contributed by atoms with Crippen LogP contribution in [0, 0.1) is 0 Å². The van der Waals surface area contributed by atoms with Gasteiger partial charge in [0, 0.05) is 18.3 Å². The minimum atomic E-state index is -0.233. The highest BCUT2D eigenvalue weighted by atomic mass is 16.5. The highest BCUT2D eigenvalue weighted by Gasteiger charge is 2.09. The summed E-state index contributed by atoms with van der Waals surface area (Å²) in [6.07, 6.45) is 1.95. The van der Waals surface area contributed by atoms with Gasteiger partial charge in [0.2, 0.25) is 0 Å². The fourth-order valence-corrected chi connectivity index (χ4v) is 1.89. The van der Waals surface area contributed by atoms with Gasteiger partial charge in [-0.3, -0.25) is 4.79 Å². The zero-order chi connectivity index (χ0) is 14.2. The van der Waals surface area contributed by atoms with Gasteiger partial charge < -0.3 is 10.1 Å². The van der Waals surface area contributed by atoms with E-state index >= 15 is 0 Å². The highest BCUT2D eigenvalue weighted by Crippen LogP contribution is 2.14. The number of nitrogens with zero attached hydrogens (tertiary/aromatic N) is 1. The Bertz CT molecular complexity index is 555. The number of aromatic nitrogens is 1. The fourth-order valence-electron chi connectivity index (χ4n) is 1.89. The molecule has 0 aliphatic carbocycles. The minimum absolute atomic E-state index is 0.233. The van der Waals surface area contributed by atoms with E-state index in [0.29, 0.717) is 13.2 Å². The molecule has 1 aromatic heterocycles. The summed E-state index contributed by atoms with van der Waals surface area (Å²) in [6.45, 7) is 2.87. The number of carbonyl (C=O) groups is 1. The lowest BCUT2D eigenvalue weighted by Gasteiger charge is -2.10. The van der Waals surface area contributed by atoms with Crippen LogP contribution in [-0.2, 0) is 22.5 Å². The number of nitrogens with one attached hydrogen (secondary N) is 1. The van der Waals surface area contributed by atoms with E-state index in [1.165, 1.54) is 5.56 Å². The average molecular weight is 270 g/mol. The van der Waals surface area contributed by atoms with Crippen LogP contribution in [0.2, 0.25) is 0 Å². The molecule has 0 saturated heterocycles. The van der Waals surface area contributed by atoms with E-state index in [2.05, 4.69) is 10.3 Å². The molecule has 2 rings (SSSR count). The Morgan fingerprint density at radius 3 is 2.75 bits per heavy atom. The smallest absolute Gasteiger partial charge is 0.310 e. The summed E-state index contributed by atoms with van der Waals surface area (Å²) in [5.41, 5.74) is 2.02. The Kier molecular flexibility index (Phi) is 5.12. The maximum Gasteiger partial charge on any atom is 0.310 e. The lowest BCUT2D eigenvalue weighted by Crippen LogP contribution is -2.11. The zero-order valence-corrected chi connectivity index (χ0v) is 11.5. The molecule has 104 valence electrons. The lowest BCUT2D eigenvalue weighted by atomic mass is 10.1. The molecule has 1 heterocycles. The SMILES string of the molecule is CCOC(=O)Cc1cccnc1NCc1ccccc1. The second-order valence-corrected chi connectivity index (χ2v) is 4.33. The summed E-state index contributed by atoms with van der Waals surface area (Å²) in [7, 11) is 0. The van der Waals surface area contributed by atoms with Crippen LogP contribution in [0.5, 0.6) is 0 Å². The Labute approximate surface area is 118 Å². The van der Waals surface area contributed by atoms with Crippen LogP contribution in [0.25, 0.3) is 0 Å². The van der Waals surface area contributed by atoms with E-state index in [-0.39, 0.29) is 12.4 Å². The number of rotatable bonds is 6. The standard InChI is InChI=1S/C16H18N2O2/c1-2-20-15(19)11-14-9-6-10-17-16(14)18-12-13-7-4-3-5-8-13/h3-10H,2,11-12H2,1H3,(H,17,18). The van der Waals surface area contributed by atoms with Gasteiger partial charge in [0.25, 0.3) is 0 Å². The molecule has 2 aromatic rings. The first-order valence-electron chi connectivity index (χ1n) is 6.67. The van der Waals surface area contributed by atoms with Gasteiger partial charge >= 0.3 is 5.97 Å². The van der Waals surface area contributed by atoms with E-state index in [0.717, 1.165) is 11.4 Å². The Hall–Kier alpha value is -2.36. The quantitative estimate of drug-likeness (QED) is 0.820. The van der Waals surface area contributed by atoms with Crippen molar-refractivity contribution in [3.63, 3.8) is 0 Å². The van der Waals surface area contributed by atoms with Gasteiger partial charge in [0.1, 0.15) is 5.82 Å². The van der Waals surface area contributed by atoms with Crippen LogP contribution >= 0.6 is 0 Å². The van der Waals surface area contributed by atoms with Crippen molar-refractivity contribution in [3.8, 4) is 0 Å². The predicted molar refractivity (Wildman–Crippen MR) is 78.3 cm³/mol. The molecule has 0 radical (unpaired) electrons. The Morgan fingerprint density at radius 1 is 1.20 bits per heavy atom. The molecule has 0 atom stereocenters. The van der Waals surface area contributed by atoms with Crippen LogP contribution in [0.15, 0.2) is 48.7 Å². The van der Waals surface area contributed by atoms with E-state index in [4.69, 9.17) is 4.74 Å². The van der Waals surface area contributed by atoms with Crippen LogP contribution in [0.1, 0.15) is 18.1 Å². The maximum atomic E-state index is 11.6. The molecule has 0 saturated carbocycles. The van der Waals surface area contributed by atoms with Crippen molar-refractivity contribution in [1.82, 2.24) is 4.98 Å². The van der Waals surface area contributed by atoms with Crippen LogP contribution < -0.4 is 5.32 Å². The van der Waals surface area contributed by atoms with E-state index in [1.807, 2.05) is 42.5 Å². The number of ether oxygens (including phenoxy) is 1. The third-order valence-electron chi connectivity index (χ3n) is 2.83. The second-order valence-electron chi connectivity index (χ2n) is 4.33. The number of hydrogen-bond donors (Lipinski definition) is 1. The number of hydrogen-bond acceptors (Lipinski definition) is 4. The highest BCUT2D eigenvalue weighted by molar-refractivity contribution is 5.74. The Balaban J connectivity index is 2.02. The molecule has 0 aliphatic heterocycles. The number of pyridine rings is 1. The maximum absolute atomic E-state index is 11.6. The summed E-state index contributed by atoms with van der Waals surface area (Å²) in [6, 6.07) is 13.8. The number of carbonyl (C=O) groups excluding carboxylic acids is 1. The molecule has 0 unspecified atom stereocenters. The molecular formula is C16H18N2O2. The minimum Gasteiger partial charge on any atom is -0.466 e. The molecule has 0 fully saturated rings. The summed E-state index contributed by atoms with van der Waals surface area (Å²) in [4.78, 5) is 15.8. The molecule has 1 aromatic carbocycles. The van der Waals surface area contributed by atoms with Gasteiger partial charge in [-0.2, -0.15) is 0 Å². The number of benzene rings is 1. The van der Waals surface area contributed by atoms with Crippen LogP contribution in [-0.4, -0.2) is 17.6 Å². The molecule has 4 nitrogen and oxygen atoms in total. The monoisotopic (exact) mass is 270 g/mol. The van der Waals surface area contributed by atoms with Crippen LogP contribution in [0.3, 0.4) is 0 Å². The lowest BCUT2D eigenvalue weighted by molar-refractivity contribution is -0.142. The summed E-state index contributed by atoms with van der Waals surface area (Å²) in [5, 5.41) is 3.26. The van der Waals surface area contributed by atoms with E-state index < -0.39 is 0 Å². The van der Waals surface area contributed by atoms with Crippen molar-refractivity contribution in [2.45, 2.75) is 19.9 Å². The molecule has 0 bridgehead atoms. The normalized spacial score (nSPS) is 10.1. The van der Waals surface area contributed by atoms with Crippen LogP contribution in [0.4, 0.5) is 5.82 Å². The molecule has 1 N–H and O–H groups in total. The summed E-state index contributed by atoms with van der Waals surface area (Å²) in [5.74, 6) is 0.493. The largest absolute Gasteiger partial charge is 0.466 e. The van der Waals surface area contributed by atoms with Crippen molar-refractivity contribution < 1.29 is 9.53 Å². The van der Waals surface area contributed by atoms with E-state index in [1.54, 1.807) is 13.1 Å². The fraction of sp³-hybridized carbons (Fsp3) is 0.250. The van der Waals surface area contributed by atoms with Gasteiger partial charge in [0.15, 0.2) is 0 Å². The average Bonchev–Trinajstić information content (AvgIpc) is 2.48. The molecule has 4 heteroatoms. The predicted octanol–water partition coefficient (Wildman–Crippen LogP) is 2.80. The van der Waals surface area contributed by atoms with Gasteiger partial charge in [0.05, 0.1) is 13.0 Å². The summed E-state index contributed by atoms with van der Waals surface area (Å²) >= 11 is 0. The Morgan fingerprint density at radius 2 is 2.00 bits per heavy atom. The molecule has 20 heavy (non-hydrogen) atoms. The van der Waals surface area contributed by atoms with E-state index in [9.17, 15) is 4.79 Å². The first-order chi connectivity index (χ1) is 9.79. The zero-order valence-electron chi connectivity index (χ0n) is 11.5. The third kappa shape index (κ3) is 4.09. The van der Waals surface area contributed by atoms with Crippen molar-refractivity contribution in [3.05, 3.63) is 59.8 Å². The van der Waals surface area contributed by atoms with Gasteiger partial charge in [-0.1, -0.05) is 36.4 Å². The molecule has 0 amide bonds. The number of esters is 1.